The molecule has 2 aromatic heterocycles. The van der Waals surface area contributed by atoms with Gasteiger partial charge in [0.05, 0.1) is 22.5 Å². The predicted octanol–water partition coefficient (Wildman–Crippen LogP) is 10.8. The largest absolute Gasteiger partial charge is 0.339 e. The average molecular weight is 671 g/mol. The molecule has 0 bridgehead atoms. The second-order valence-electron chi connectivity index (χ2n) is 10.3. The summed E-state index contributed by atoms with van der Waals surface area (Å²) in [4.78, 5) is 14.1. The number of benzene rings is 5. The predicted molar refractivity (Wildman–Crippen MR) is 182 cm³/mol. The lowest BCUT2D eigenvalue weighted by Gasteiger charge is -2.16. The standard InChI is InChI=1S/C37H25Br2N3/c1-23-12-15-27(16-13-23)40-37-36(35(25-10-6-3-7-11-25)29-22-26(38)14-19-32(29)42-37)33-20-17-28-31(41-33)21-18-30(39)34(28)24-8-4-2-5-9-24/h2-22H,1H3,(H,40,42). The number of aryl methyl sites for hydroxylation is 1. The number of nitrogens with one attached hydrogen (secondary N) is 1. The van der Waals surface area contributed by atoms with E-state index in [0.29, 0.717) is 0 Å². The summed E-state index contributed by atoms with van der Waals surface area (Å²) in [6.07, 6.45) is 0. The van der Waals surface area contributed by atoms with Gasteiger partial charge in [-0.3, -0.25) is 0 Å². The van der Waals surface area contributed by atoms with E-state index in [9.17, 15) is 0 Å². The van der Waals surface area contributed by atoms with Gasteiger partial charge in [-0.05, 0) is 72.6 Å². The number of halogens is 2. The maximum atomic E-state index is 5.29. The van der Waals surface area contributed by atoms with E-state index in [0.717, 1.165) is 75.4 Å². The number of hydrogen-bond acceptors (Lipinski definition) is 2. The van der Waals surface area contributed by atoms with E-state index < -0.39 is 0 Å². The molecule has 0 unspecified atom stereocenters. The van der Waals surface area contributed by atoms with Crippen LogP contribution in [0.4, 0.5) is 5.69 Å². The van der Waals surface area contributed by atoms with Crippen molar-refractivity contribution in [2.24, 2.45) is 4.99 Å². The third-order valence-corrected chi connectivity index (χ3v) is 8.62. The Labute approximate surface area is 260 Å². The van der Waals surface area contributed by atoms with Gasteiger partial charge in [0.1, 0.15) is 5.49 Å². The summed E-state index contributed by atoms with van der Waals surface area (Å²) >= 11 is 7.51. The summed E-state index contributed by atoms with van der Waals surface area (Å²) in [5, 5.41) is 2.18. The molecule has 0 atom stereocenters. The van der Waals surface area contributed by atoms with E-state index in [-0.39, 0.29) is 0 Å². The molecule has 1 N–H and O–H groups in total. The molecule has 0 aliphatic rings. The summed E-state index contributed by atoms with van der Waals surface area (Å²) in [5.41, 5.74) is 11.0. The molecule has 2 heterocycles. The molecule has 0 aliphatic heterocycles. The van der Waals surface area contributed by atoms with Crippen LogP contribution >= 0.6 is 31.9 Å². The van der Waals surface area contributed by atoms with Crippen LogP contribution in [0.25, 0.3) is 55.3 Å². The lowest BCUT2D eigenvalue weighted by atomic mass is 9.93. The van der Waals surface area contributed by atoms with Crippen LogP contribution in [0, 0.1) is 6.92 Å². The van der Waals surface area contributed by atoms with Crippen LogP contribution in [0.15, 0.2) is 141 Å². The van der Waals surface area contributed by atoms with Gasteiger partial charge in [-0.1, -0.05) is 110 Å². The highest BCUT2D eigenvalue weighted by molar-refractivity contribution is 9.10. The van der Waals surface area contributed by atoms with Crippen LogP contribution in [0.1, 0.15) is 5.56 Å². The third-order valence-electron chi connectivity index (χ3n) is 7.47. The molecule has 42 heavy (non-hydrogen) atoms. The molecule has 0 amide bonds. The minimum absolute atomic E-state index is 0.764. The highest BCUT2D eigenvalue weighted by Gasteiger charge is 2.18. The van der Waals surface area contributed by atoms with Gasteiger partial charge < -0.3 is 4.98 Å². The molecule has 3 nitrogen and oxygen atoms in total. The van der Waals surface area contributed by atoms with E-state index in [2.05, 4.69) is 159 Å². The summed E-state index contributed by atoms with van der Waals surface area (Å²) in [6.45, 7) is 2.09. The summed E-state index contributed by atoms with van der Waals surface area (Å²) in [5.74, 6) is 0. The Morgan fingerprint density at radius 3 is 2.02 bits per heavy atom. The Morgan fingerprint density at radius 2 is 1.31 bits per heavy atom. The lowest BCUT2D eigenvalue weighted by molar-refractivity contribution is 1.18. The Morgan fingerprint density at radius 1 is 0.619 bits per heavy atom. The van der Waals surface area contributed by atoms with Crippen molar-refractivity contribution < 1.29 is 0 Å². The topological polar surface area (TPSA) is 41.0 Å². The number of nitrogens with zero attached hydrogens (tertiary/aromatic N) is 2. The molecule has 0 saturated carbocycles. The number of rotatable bonds is 4. The van der Waals surface area contributed by atoms with E-state index in [1.807, 2.05) is 12.1 Å². The van der Waals surface area contributed by atoms with Crippen LogP contribution in [0.2, 0.25) is 0 Å². The zero-order chi connectivity index (χ0) is 28.6. The Balaban J connectivity index is 1.58. The molecule has 0 aliphatic carbocycles. The van der Waals surface area contributed by atoms with Gasteiger partial charge in [-0.15, -0.1) is 0 Å². The molecule has 7 aromatic rings. The molecule has 7 rings (SSSR count). The SMILES string of the molecule is Cc1ccc(N=c2[nH]c3ccc(Br)cc3c(-c3ccccc3)c2-c2ccc3c(-c4ccccc4)c(Br)ccc3n2)cc1. The Kier molecular flexibility index (Phi) is 7.06. The van der Waals surface area contributed by atoms with Crippen LogP contribution in [0.5, 0.6) is 0 Å². The third kappa shape index (κ3) is 5.00. The maximum absolute atomic E-state index is 5.29. The molecular weight excluding hydrogens is 646 g/mol. The van der Waals surface area contributed by atoms with Crippen molar-refractivity contribution in [2.45, 2.75) is 6.92 Å². The maximum Gasteiger partial charge on any atom is 0.141 e. The normalized spacial score (nSPS) is 11.8. The first-order valence-corrected chi connectivity index (χ1v) is 15.3. The van der Waals surface area contributed by atoms with Gasteiger partial charge in [-0.25, -0.2) is 9.98 Å². The second kappa shape index (κ2) is 11.2. The van der Waals surface area contributed by atoms with Crippen LogP contribution in [-0.4, -0.2) is 9.97 Å². The zero-order valence-corrected chi connectivity index (χ0v) is 25.9. The highest BCUT2D eigenvalue weighted by Crippen LogP contribution is 2.39. The molecule has 0 spiro atoms. The van der Waals surface area contributed by atoms with Crippen LogP contribution in [0.3, 0.4) is 0 Å². The summed E-state index contributed by atoms with van der Waals surface area (Å²) in [7, 11) is 0. The fraction of sp³-hybridized carbons (Fsp3) is 0.0270. The molecule has 0 saturated heterocycles. The van der Waals surface area contributed by atoms with Gasteiger partial charge in [0.25, 0.3) is 0 Å². The van der Waals surface area contributed by atoms with E-state index in [1.165, 1.54) is 5.56 Å². The number of aromatic amines is 1. The minimum Gasteiger partial charge on any atom is -0.339 e. The minimum atomic E-state index is 0.764. The average Bonchev–Trinajstić information content (AvgIpc) is 3.02. The van der Waals surface area contributed by atoms with E-state index in [4.69, 9.17) is 9.98 Å². The van der Waals surface area contributed by atoms with Crippen LogP contribution in [-0.2, 0) is 0 Å². The van der Waals surface area contributed by atoms with Gasteiger partial charge in [0.15, 0.2) is 0 Å². The summed E-state index contributed by atoms with van der Waals surface area (Å²) < 4.78 is 2.05. The van der Waals surface area contributed by atoms with Crippen molar-refractivity contribution in [3.63, 3.8) is 0 Å². The smallest absolute Gasteiger partial charge is 0.141 e. The Hall–Kier alpha value is -4.32. The zero-order valence-electron chi connectivity index (χ0n) is 22.8. The van der Waals surface area contributed by atoms with Gasteiger partial charge in [0.2, 0.25) is 0 Å². The number of H-pyrrole nitrogens is 1. The first kappa shape index (κ1) is 26.6. The van der Waals surface area contributed by atoms with Gasteiger partial charge >= 0.3 is 0 Å². The van der Waals surface area contributed by atoms with Gasteiger partial charge in [-0.2, -0.15) is 0 Å². The van der Waals surface area contributed by atoms with Crippen molar-refractivity contribution in [3.05, 3.63) is 147 Å². The first-order chi connectivity index (χ1) is 20.5. The monoisotopic (exact) mass is 669 g/mol. The van der Waals surface area contributed by atoms with Crippen molar-refractivity contribution in [1.29, 1.82) is 0 Å². The number of pyridine rings is 2. The molecule has 0 fully saturated rings. The number of aromatic nitrogens is 2. The van der Waals surface area contributed by atoms with Crippen molar-refractivity contribution >= 4 is 59.4 Å². The van der Waals surface area contributed by atoms with Crippen molar-refractivity contribution in [2.75, 3.05) is 0 Å². The molecule has 5 aromatic carbocycles. The number of fused-ring (bicyclic) bond motifs is 2. The van der Waals surface area contributed by atoms with E-state index in [1.54, 1.807) is 0 Å². The fourth-order valence-corrected chi connectivity index (χ4v) is 6.41. The fourth-order valence-electron chi connectivity index (χ4n) is 5.48. The molecule has 202 valence electrons. The first-order valence-electron chi connectivity index (χ1n) is 13.7. The molecule has 0 radical (unpaired) electrons. The van der Waals surface area contributed by atoms with Crippen LogP contribution < -0.4 is 5.49 Å². The van der Waals surface area contributed by atoms with Crippen molar-refractivity contribution in [1.82, 2.24) is 9.97 Å². The van der Waals surface area contributed by atoms with E-state index >= 15 is 0 Å². The summed E-state index contributed by atoms with van der Waals surface area (Å²) in [6, 6.07) is 44.0. The molecule has 5 heteroatoms. The lowest BCUT2D eigenvalue weighted by Crippen LogP contribution is -2.14. The number of hydrogen-bond donors (Lipinski definition) is 1. The highest BCUT2D eigenvalue weighted by atomic mass is 79.9. The second-order valence-corrected chi connectivity index (χ2v) is 12.0. The Bertz CT molecular complexity index is 2150. The molecular formula is C37H25Br2N3. The van der Waals surface area contributed by atoms with Gasteiger partial charge in [0, 0.05) is 36.4 Å². The van der Waals surface area contributed by atoms with Crippen molar-refractivity contribution in [3.8, 4) is 33.5 Å². The quantitative estimate of drug-likeness (QED) is 0.199.